The smallest absolute Gasteiger partial charge is 0.273 e. The van der Waals surface area contributed by atoms with Crippen molar-refractivity contribution in [3.05, 3.63) is 94.0 Å². The Labute approximate surface area is 246 Å². The van der Waals surface area contributed by atoms with Crippen molar-refractivity contribution in [2.45, 2.75) is 57.6 Å². The maximum Gasteiger partial charge on any atom is 0.273 e. The molecule has 0 heterocycles. The van der Waals surface area contributed by atoms with E-state index in [-0.39, 0.29) is 22.8 Å². The number of rotatable bonds is 11. The lowest BCUT2D eigenvalue weighted by Crippen LogP contribution is -2.54. The monoisotopic (exact) mass is 596 g/mol. The summed E-state index contributed by atoms with van der Waals surface area (Å²) in [7, 11) is -3.02. The molecule has 0 aliphatic heterocycles. The van der Waals surface area contributed by atoms with Gasteiger partial charge in [0, 0.05) is 23.7 Å². The van der Waals surface area contributed by atoms with Gasteiger partial charge < -0.3 is 15.0 Å². The fourth-order valence-corrected chi connectivity index (χ4v) is 5.62. The van der Waals surface area contributed by atoms with Crippen molar-refractivity contribution in [1.82, 2.24) is 10.2 Å². The molecule has 0 spiro atoms. The molecule has 3 aromatic carbocycles. The van der Waals surface area contributed by atoms with Crippen molar-refractivity contribution < 1.29 is 27.7 Å². The summed E-state index contributed by atoms with van der Waals surface area (Å²) in [6.07, 6.45) is 0. The highest BCUT2D eigenvalue weighted by Gasteiger charge is 2.34. The van der Waals surface area contributed by atoms with E-state index in [9.17, 15) is 28.1 Å². The fourth-order valence-electron chi connectivity index (χ4n) is 4.19. The first-order valence-corrected chi connectivity index (χ1v) is 14.7. The number of methoxy groups -OCH3 is 1. The summed E-state index contributed by atoms with van der Waals surface area (Å²) >= 11 is 0. The van der Waals surface area contributed by atoms with Crippen LogP contribution in [0.3, 0.4) is 0 Å². The molecule has 0 radical (unpaired) electrons. The van der Waals surface area contributed by atoms with E-state index in [1.54, 1.807) is 43.3 Å². The van der Waals surface area contributed by atoms with Gasteiger partial charge in [-0.05, 0) is 70.5 Å². The molecular formula is C30H36N4O7S. The molecule has 0 aliphatic carbocycles. The Morgan fingerprint density at radius 3 is 2.19 bits per heavy atom. The first kappa shape index (κ1) is 32.1. The molecule has 42 heavy (non-hydrogen) atoms. The zero-order chi connectivity index (χ0) is 31.2. The number of amides is 2. The van der Waals surface area contributed by atoms with Crippen LogP contribution in [0.5, 0.6) is 5.75 Å². The minimum atomic E-state index is -4.48. The molecule has 224 valence electrons. The zero-order valence-electron chi connectivity index (χ0n) is 24.5. The Balaban J connectivity index is 2.09. The van der Waals surface area contributed by atoms with Crippen LogP contribution in [0, 0.1) is 17.0 Å². The molecule has 0 saturated heterocycles. The minimum absolute atomic E-state index is 0.0465. The molecule has 0 fully saturated rings. The van der Waals surface area contributed by atoms with Crippen LogP contribution in [0.25, 0.3) is 0 Å². The van der Waals surface area contributed by atoms with Gasteiger partial charge in [-0.3, -0.25) is 24.0 Å². The lowest BCUT2D eigenvalue weighted by atomic mass is 10.1. The van der Waals surface area contributed by atoms with E-state index in [0.717, 1.165) is 15.9 Å². The number of carbonyl (C=O) groups is 2. The highest BCUT2D eigenvalue weighted by atomic mass is 32.2. The molecule has 1 N–H and O–H groups in total. The molecule has 1 atom stereocenters. The van der Waals surface area contributed by atoms with Gasteiger partial charge in [-0.2, -0.15) is 0 Å². The van der Waals surface area contributed by atoms with E-state index in [1.165, 1.54) is 43.2 Å². The van der Waals surface area contributed by atoms with Crippen LogP contribution in [-0.2, 0) is 26.2 Å². The Morgan fingerprint density at radius 1 is 1.02 bits per heavy atom. The van der Waals surface area contributed by atoms with E-state index in [4.69, 9.17) is 4.74 Å². The van der Waals surface area contributed by atoms with Crippen LogP contribution in [0.4, 0.5) is 11.4 Å². The second-order valence-corrected chi connectivity index (χ2v) is 12.7. The number of nitro benzene ring substituents is 1. The van der Waals surface area contributed by atoms with E-state index in [1.807, 2.05) is 26.8 Å². The predicted octanol–water partition coefficient (Wildman–Crippen LogP) is 4.44. The van der Waals surface area contributed by atoms with Gasteiger partial charge >= 0.3 is 0 Å². The maximum absolute atomic E-state index is 14.0. The summed E-state index contributed by atoms with van der Waals surface area (Å²) < 4.78 is 34.1. The average molecular weight is 597 g/mol. The topological polar surface area (TPSA) is 139 Å². The molecule has 2 amide bonds. The van der Waals surface area contributed by atoms with Crippen LogP contribution >= 0.6 is 0 Å². The summed E-state index contributed by atoms with van der Waals surface area (Å²) in [5.74, 6) is -0.581. The number of hydrogen-bond acceptors (Lipinski definition) is 7. The predicted molar refractivity (Wildman–Crippen MR) is 160 cm³/mol. The van der Waals surface area contributed by atoms with Gasteiger partial charge in [0.15, 0.2) is 0 Å². The van der Waals surface area contributed by atoms with E-state index >= 15 is 0 Å². The van der Waals surface area contributed by atoms with Gasteiger partial charge in [0.2, 0.25) is 11.8 Å². The van der Waals surface area contributed by atoms with Crippen molar-refractivity contribution in [3.63, 3.8) is 0 Å². The SMILES string of the molecule is COc1ccc(N(CC(=O)N(Cc2ccccc2)[C@H](C)C(=O)NC(C)(C)C)S(=O)(=O)c2ccc(C)c([N+](=O)[O-])c2)cc1. The first-order valence-electron chi connectivity index (χ1n) is 13.2. The van der Waals surface area contributed by atoms with Crippen molar-refractivity contribution in [1.29, 1.82) is 0 Å². The van der Waals surface area contributed by atoms with Crippen molar-refractivity contribution in [3.8, 4) is 5.75 Å². The second-order valence-electron chi connectivity index (χ2n) is 10.8. The van der Waals surface area contributed by atoms with Gasteiger partial charge in [-0.25, -0.2) is 8.42 Å². The molecule has 0 aromatic heterocycles. The molecule has 0 saturated carbocycles. The van der Waals surface area contributed by atoms with Gasteiger partial charge in [0.25, 0.3) is 15.7 Å². The number of sulfonamides is 1. The van der Waals surface area contributed by atoms with Gasteiger partial charge in [0.05, 0.1) is 22.6 Å². The summed E-state index contributed by atoms with van der Waals surface area (Å²) in [5.41, 5.74) is 0.243. The summed E-state index contributed by atoms with van der Waals surface area (Å²) in [6.45, 7) is 7.92. The number of carbonyl (C=O) groups excluding carboxylic acids is 2. The Hall–Kier alpha value is -4.45. The zero-order valence-corrected chi connectivity index (χ0v) is 25.3. The number of benzene rings is 3. The number of nitrogens with one attached hydrogen (secondary N) is 1. The van der Waals surface area contributed by atoms with Crippen LogP contribution < -0.4 is 14.4 Å². The standard InChI is InChI=1S/C30H36N4O7S/c1-21-12-17-26(18-27(21)34(37)38)42(39,40)33(24-13-15-25(41-6)16-14-24)20-28(35)32(19-23-10-8-7-9-11-23)22(2)29(36)31-30(3,4)5/h7-18,22H,19-20H2,1-6H3,(H,31,36)/t22-/m1/s1. The van der Waals surface area contributed by atoms with Gasteiger partial charge in [0.1, 0.15) is 18.3 Å². The fraction of sp³-hybridized carbons (Fsp3) is 0.333. The Kier molecular flexibility index (Phi) is 9.95. The average Bonchev–Trinajstić information content (AvgIpc) is 2.93. The first-order chi connectivity index (χ1) is 19.6. The number of nitro groups is 1. The second kappa shape index (κ2) is 13.0. The highest BCUT2D eigenvalue weighted by Crippen LogP contribution is 2.29. The molecule has 12 heteroatoms. The summed E-state index contributed by atoms with van der Waals surface area (Å²) in [6, 6.07) is 17.7. The molecule has 11 nitrogen and oxygen atoms in total. The van der Waals surface area contributed by atoms with Crippen LogP contribution in [0.1, 0.15) is 38.8 Å². The largest absolute Gasteiger partial charge is 0.497 e. The highest BCUT2D eigenvalue weighted by molar-refractivity contribution is 7.92. The molecular weight excluding hydrogens is 560 g/mol. The Bertz CT molecular complexity index is 1540. The molecule has 0 aliphatic rings. The van der Waals surface area contributed by atoms with Crippen LogP contribution in [0.2, 0.25) is 0 Å². The van der Waals surface area contributed by atoms with Crippen LogP contribution in [-0.4, -0.2) is 55.3 Å². The van der Waals surface area contributed by atoms with Gasteiger partial charge in [-0.1, -0.05) is 36.4 Å². The third-order valence-corrected chi connectivity index (χ3v) is 8.24. The quantitative estimate of drug-likeness (QED) is 0.255. The lowest BCUT2D eigenvalue weighted by molar-refractivity contribution is -0.385. The van der Waals surface area contributed by atoms with Crippen molar-refractivity contribution >= 4 is 33.2 Å². The summed E-state index contributed by atoms with van der Waals surface area (Å²) in [4.78, 5) is 39.0. The van der Waals surface area contributed by atoms with E-state index < -0.39 is 44.9 Å². The normalized spacial score (nSPS) is 12.2. The number of nitrogens with zero attached hydrogens (tertiary/aromatic N) is 3. The molecule has 3 rings (SSSR count). The number of anilines is 1. The molecule has 0 unspecified atom stereocenters. The Morgan fingerprint density at radius 2 is 1.64 bits per heavy atom. The summed E-state index contributed by atoms with van der Waals surface area (Å²) in [5, 5.41) is 14.4. The number of hydrogen-bond donors (Lipinski definition) is 1. The molecule has 3 aromatic rings. The van der Waals surface area contributed by atoms with Gasteiger partial charge in [-0.15, -0.1) is 0 Å². The number of ether oxygens (including phenoxy) is 1. The minimum Gasteiger partial charge on any atom is -0.497 e. The van der Waals surface area contributed by atoms with E-state index in [2.05, 4.69) is 5.32 Å². The third kappa shape index (κ3) is 7.84. The third-order valence-electron chi connectivity index (χ3n) is 6.47. The molecule has 0 bridgehead atoms. The number of aryl methyl sites for hydroxylation is 1. The maximum atomic E-state index is 14.0. The van der Waals surface area contributed by atoms with Crippen molar-refractivity contribution in [2.24, 2.45) is 0 Å². The van der Waals surface area contributed by atoms with E-state index in [0.29, 0.717) is 11.3 Å². The lowest BCUT2D eigenvalue weighted by Gasteiger charge is -2.33. The van der Waals surface area contributed by atoms with Crippen molar-refractivity contribution in [2.75, 3.05) is 18.0 Å². The van der Waals surface area contributed by atoms with Crippen LogP contribution in [0.15, 0.2) is 77.7 Å².